The van der Waals surface area contributed by atoms with Gasteiger partial charge in [-0.15, -0.1) is 0 Å². The third-order valence-corrected chi connectivity index (χ3v) is 3.58. The molecule has 1 N–H and O–H groups in total. The van der Waals surface area contributed by atoms with E-state index in [1.165, 1.54) is 6.20 Å². The van der Waals surface area contributed by atoms with E-state index in [0.717, 1.165) is 11.1 Å². The number of nitrogens with zero attached hydrogens (tertiary/aromatic N) is 2. The van der Waals surface area contributed by atoms with Gasteiger partial charge >= 0.3 is 6.18 Å². The topological polar surface area (TPSA) is 37.8 Å². The first-order valence-corrected chi connectivity index (χ1v) is 7.12. The molecular weight excluding hydrogens is 327 g/mol. The molecule has 2 heterocycles. The molecule has 0 fully saturated rings. The van der Waals surface area contributed by atoms with Crippen LogP contribution < -0.4 is 5.32 Å². The summed E-state index contributed by atoms with van der Waals surface area (Å²) in [5.74, 6) is 0.134. The Balaban J connectivity index is 2.09. The van der Waals surface area contributed by atoms with E-state index in [4.69, 9.17) is 11.6 Å². The largest absolute Gasteiger partial charge is 0.405 e. The van der Waals surface area contributed by atoms with Crippen LogP contribution in [0, 0.1) is 0 Å². The van der Waals surface area contributed by atoms with Gasteiger partial charge in [0.25, 0.3) is 0 Å². The van der Waals surface area contributed by atoms with Gasteiger partial charge in [-0.3, -0.25) is 0 Å². The molecule has 0 saturated carbocycles. The van der Waals surface area contributed by atoms with Crippen molar-refractivity contribution >= 4 is 28.2 Å². The lowest BCUT2D eigenvalue weighted by Gasteiger charge is -2.12. The first-order valence-electron chi connectivity index (χ1n) is 6.74. The minimum Gasteiger partial charge on any atom is -0.361 e. The number of alkyl halides is 3. The second kappa shape index (κ2) is 6.04. The summed E-state index contributed by atoms with van der Waals surface area (Å²) in [5.41, 5.74) is 1.68. The van der Waals surface area contributed by atoms with Crippen molar-refractivity contribution in [3.8, 4) is 11.1 Å². The van der Waals surface area contributed by atoms with Crippen LogP contribution in [0.1, 0.15) is 0 Å². The molecule has 7 heteroatoms. The molecule has 0 bridgehead atoms. The van der Waals surface area contributed by atoms with Gasteiger partial charge in [0, 0.05) is 23.3 Å². The van der Waals surface area contributed by atoms with Gasteiger partial charge in [0.2, 0.25) is 0 Å². The zero-order valence-electron chi connectivity index (χ0n) is 11.7. The number of anilines is 1. The van der Waals surface area contributed by atoms with E-state index in [9.17, 15) is 13.2 Å². The highest BCUT2D eigenvalue weighted by atomic mass is 35.5. The molecule has 2 aromatic heterocycles. The van der Waals surface area contributed by atoms with Gasteiger partial charge in [-0.05, 0) is 17.0 Å². The molecule has 0 aliphatic rings. The molecule has 118 valence electrons. The number of benzene rings is 1. The van der Waals surface area contributed by atoms with E-state index in [0.29, 0.717) is 10.8 Å². The molecule has 3 nitrogen and oxygen atoms in total. The van der Waals surface area contributed by atoms with Crippen LogP contribution >= 0.6 is 11.6 Å². The van der Waals surface area contributed by atoms with Gasteiger partial charge in [0.15, 0.2) is 0 Å². The van der Waals surface area contributed by atoms with Gasteiger partial charge in [-0.2, -0.15) is 13.2 Å². The number of halogens is 4. The lowest BCUT2D eigenvalue weighted by atomic mass is 10.0. The summed E-state index contributed by atoms with van der Waals surface area (Å²) in [6, 6.07) is 11.0. The van der Waals surface area contributed by atoms with Crippen molar-refractivity contribution in [2.75, 3.05) is 11.9 Å². The van der Waals surface area contributed by atoms with E-state index in [2.05, 4.69) is 15.3 Å². The van der Waals surface area contributed by atoms with Crippen molar-refractivity contribution in [1.82, 2.24) is 9.97 Å². The van der Waals surface area contributed by atoms with Crippen LogP contribution in [-0.4, -0.2) is 22.7 Å². The summed E-state index contributed by atoms with van der Waals surface area (Å²) in [6.45, 7) is -1.15. The Labute approximate surface area is 135 Å². The first kappa shape index (κ1) is 15.6. The molecule has 0 unspecified atom stereocenters. The summed E-state index contributed by atoms with van der Waals surface area (Å²) < 4.78 is 37.0. The summed E-state index contributed by atoms with van der Waals surface area (Å²) >= 11 is 6.07. The molecule has 3 aromatic rings. The fourth-order valence-corrected chi connectivity index (χ4v) is 2.44. The average molecular weight is 338 g/mol. The summed E-state index contributed by atoms with van der Waals surface area (Å²) in [4.78, 5) is 8.09. The monoisotopic (exact) mass is 337 g/mol. The van der Waals surface area contributed by atoms with Crippen molar-refractivity contribution < 1.29 is 13.2 Å². The van der Waals surface area contributed by atoms with Crippen LogP contribution in [0.5, 0.6) is 0 Å². The first-order chi connectivity index (χ1) is 10.9. The molecule has 0 atom stereocenters. The van der Waals surface area contributed by atoms with Crippen molar-refractivity contribution in [3.05, 3.63) is 53.9 Å². The molecule has 0 aliphatic heterocycles. The van der Waals surface area contributed by atoms with Crippen LogP contribution in [0.2, 0.25) is 5.15 Å². The minimum atomic E-state index is -4.31. The second-order valence-corrected chi connectivity index (χ2v) is 5.27. The van der Waals surface area contributed by atoms with E-state index >= 15 is 0 Å². The Kier molecular flexibility index (Phi) is 4.09. The van der Waals surface area contributed by atoms with Crippen molar-refractivity contribution in [2.45, 2.75) is 6.18 Å². The Morgan fingerprint density at radius 3 is 2.43 bits per heavy atom. The zero-order valence-corrected chi connectivity index (χ0v) is 12.5. The summed E-state index contributed by atoms with van der Waals surface area (Å²) in [6.07, 6.45) is -1.28. The maximum absolute atomic E-state index is 12.3. The highest BCUT2D eigenvalue weighted by Crippen LogP contribution is 2.32. The predicted molar refractivity (Wildman–Crippen MR) is 84.5 cm³/mol. The van der Waals surface area contributed by atoms with Gasteiger partial charge in [-0.25, -0.2) is 9.97 Å². The third-order valence-electron chi connectivity index (χ3n) is 3.28. The van der Waals surface area contributed by atoms with Crippen LogP contribution in [0.15, 0.2) is 48.8 Å². The molecule has 0 saturated heterocycles. The van der Waals surface area contributed by atoms with Crippen LogP contribution in [0.25, 0.3) is 21.9 Å². The van der Waals surface area contributed by atoms with Crippen molar-refractivity contribution in [1.29, 1.82) is 0 Å². The summed E-state index contributed by atoms with van der Waals surface area (Å²) in [7, 11) is 0. The van der Waals surface area contributed by atoms with E-state index in [-0.39, 0.29) is 11.0 Å². The highest BCUT2D eigenvalue weighted by molar-refractivity contribution is 6.34. The van der Waals surface area contributed by atoms with Crippen LogP contribution in [0.4, 0.5) is 19.0 Å². The van der Waals surface area contributed by atoms with Crippen LogP contribution in [0.3, 0.4) is 0 Å². The van der Waals surface area contributed by atoms with Crippen LogP contribution in [-0.2, 0) is 0 Å². The molecule has 0 aliphatic carbocycles. The van der Waals surface area contributed by atoms with Gasteiger partial charge < -0.3 is 5.32 Å². The molecule has 23 heavy (non-hydrogen) atoms. The third kappa shape index (κ3) is 3.53. The number of aromatic nitrogens is 2. The van der Waals surface area contributed by atoms with Gasteiger partial charge in [-0.1, -0.05) is 41.9 Å². The number of hydrogen-bond donors (Lipinski definition) is 1. The highest BCUT2D eigenvalue weighted by Gasteiger charge is 2.26. The normalized spacial score (nSPS) is 11.7. The smallest absolute Gasteiger partial charge is 0.361 e. The Morgan fingerprint density at radius 1 is 1.00 bits per heavy atom. The summed E-state index contributed by atoms with van der Waals surface area (Å²) in [5, 5.41) is 3.81. The van der Waals surface area contributed by atoms with E-state index < -0.39 is 12.7 Å². The maximum atomic E-state index is 12.3. The van der Waals surface area contributed by atoms with E-state index in [1.807, 2.05) is 30.3 Å². The number of fused-ring (bicyclic) bond motifs is 1. The number of nitrogens with one attached hydrogen (secondary N) is 1. The standard InChI is InChI=1S/C16H11ClF3N3/c17-15-13-8-21-14(23-9-16(18,19)20)6-11(13)12(7-22-15)10-4-2-1-3-5-10/h1-8H,9H2,(H,21,23). The Morgan fingerprint density at radius 2 is 1.74 bits per heavy atom. The lowest BCUT2D eigenvalue weighted by molar-refractivity contribution is -0.115. The van der Waals surface area contributed by atoms with Crippen molar-refractivity contribution in [3.63, 3.8) is 0 Å². The Bertz CT molecular complexity index is 835. The number of pyridine rings is 2. The molecule has 0 amide bonds. The number of hydrogen-bond acceptors (Lipinski definition) is 3. The molecule has 1 aromatic carbocycles. The molecule has 0 spiro atoms. The van der Waals surface area contributed by atoms with Gasteiger partial charge in [0.05, 0.1) is 0 Å². The molecule has 3 rings (SSSR count). The molecular formula is C16H11ClF3N3. The zero-order chi connectivity index (χ0) is 16.4. The fraction of sp³-hybridized carbons (Fsp3) is 0.125. The maximum Gasteiger partial charge on any atom is 0.405 e. The van der Waals surface area contributed by atoms with E-state index in [1.54, 1.807) is 12.3 Å². The fourth-order valence-electron chi connectivity index (χ4n) is 2.24. The number of rotatable bonds is 3. The SMILES string of the molecule is FC(F)(F)CNc1cc2c(-c3ccccc3)cnc(Cl)c2cn1. The average Bonchev–Trinajstić information content (AvgIpc) is 2.53. The van der Waals surface area contributed by atoms with Crippen molar-refractivity contribution in [2.24, 2.45) is 0 Å². The second-order valence-electron chi connectivity index (χ2n) is 4.91. The molecule has 0 radical (unpaired) electrons. The predicted octanol–water partition coefficient (Wildman–Crippen LogP) is 4.92. The Hall–Kier alpha value is -2.34. The lowest BCUT2D eigenvalue weighted by Crippen LogP contribution is -2.21. The minimum absolute atomic E-state index is 0.134. The quantitative estimate of drug-likeness (QED) is 0.689. The van der Waals surface area contributed by atoms with Gasteiger partial charge in [0.1, 0.15) is 17.5 Å².